The first-order chi connectivity index (χ1) is 9.29. The van der Waals surface area contributed by atoms with Gasteiger partial charge in [-0.05, 0) is 26.0 Å². The second-order valence-corrected chi connectivity index (χ2v) is 4.85. The van der Waals surface area contributed by atoms with Crippen molar-refractivity contribution in [1.82, 2.24) is 19.9 Å². The largest absolute Gasteiger partial charge is 0.381 e. The van der Waals surface area contributed by atoms with Crippen molar-refractivity contribution in [3.8, 4) is 0 Å². The fourth-order valence-corrected chi connectivity index (χ4v) is 2.57. The molecule has 2 N–H and O–H groups in total. The molecule has 0 saturated carbocycles. The molecular weight excluding hydrogens is 244 g/mol. The van der Waals surface area contributed by atoms with Crippen LogP contribution in [0.3, 0.4) is 0 Å². The zero-order chi connectivity index (χ0) is 13.2. The van der Waals surface area contributed by atoms with Crippen molar-refractivity contribution in [3.05, 3.63) is 28.4 Å². The number of hydrogen-bond donors (Lipinski definition) is 2. The lowest BCUT2D eigenvalue weighted by atomic mass is 10.1. The molecule has 0 aromatic carbocycles. The number of H-pyrrole nitrogens is 1. The summed E-state index contributed by atoms with van der Waals surface area (Å²) in [6.45, 7) is 2.08. The molecule has 0 radical (unpaired) electrons. The van der Waals surface area contributed by atoms with E-state index in [9.17, 15) is 4.79 Å². The number of rotatable bonds is 3. The molecule has 6 nitrogen and oxygen atoms in total. The summed E-state index contributed by atoms with van der Waals surface area (Å²) in [4.78, 5) is 20.0. The van der Waals surface area contributed by atoms with E-state index in [0.717, 1.165) is 37.4 Å². The minimum absolute atomic E-state index is 0.0111. The molecule has 0 spiro atoms. The second-order valence-electron chi connectivity index (χ2n) is 4.85. The third-order valence-electron chi connectivity index (χ3n) is 3.55. The number of aromatic amines is 1. The average molecular weight is 262 g/mol. The first kappa shape index (κ1) is 12.4. The SMILES string of the molecule is CNCc1nc2c(=O)n(C3CCOCC3)ccc2[nH]1. The van der Waals surface area contributed by atoms with Gasteiger partial charge < -0.3 is 19.6 Å². The number of aromatic nitrogens is 3. The van der Waals surface area contributed by atoms with E-state index in [1.165, 1.54) is 0 Å². The summed E-state index contributed by atoms with van der Waals surface area (Å²) in [7, 11) is 1.85. The van der Waals surface area contributed by atoms with E-state index in [4.69, 9.17) is 4.74 Å². The van der Waals surface area contributed by atoms with Gasteiger partial charge in [-0.25, -0.2) is 4.98 Å². The van der Waals surface area contributed by atoms with E-state index >= 15 is 0 Å². The van der Waals surface area contributed by atoms with Gasteiger partial charge in [0, 0.05) is 25.5 Å². The number of fused-ring (bicyclic) bond motifs is 1. The first-order valence-corrected chi connectivity index (χ1v) is 6.61. The van der Waals surface area contributed by atoms with E-state index in [0.29, 0.717) is 12.1 Å². The third kappa shape index (κ3) is 2.29. The third-order valence-corrected chi connectivity index (χ3v) is 3.55. The van der Waals surface area contributed by atoms with Crippen LogP contribution >= 0.6 is 0 Å². The number of imidazole rings is 1. The molecule has 0 atom stereocenters. The van der Waals surface area contributed by atoms with Crippen LogP contribution in [0.25, 0.3) is 11.0 Å². The monoisotopic (exact) mass is 262 g/mol. The minimum Gasteiger partial charge on any atom is -0.381 e. The van der Waals surface area contributed by atoms with Gasteiger partial charge in [-0.2, -0.15) is 0 Å². The number of nitrogens with one attached hydrogen (secondary N) is 2. The van der Waals surface area contributed by atoms with Crippen molar-refractivity contribution in [2.45, 2.75) is 25.4 Å². The van der Waals surface area contributed by atoms with Gasteiger partial charge in [0.05, 0.1) is 12.1 Å². The predicted octanol–water partition coefficient (Wildman–Crippen LogP) is 0.795. The van der Waals surface area contributed by atoms with E-state index in [1.54, 1.807) is 4.57 Å². The first-order valence-electron chi connectivity index (χ1n) is 6.61. The van der Waals surface area contributed by atoms with Crippen LogP contribution in [0, 0.1) is 0 Å². The van der Waals surface area contributed by atoms with Gasteiger partial charge in [0.15, 0.2) is 5.52 Å². The highest BCUT2D eigenvalue weighted by atomic mass is 16.5. The lowest BCUT2D eigenvalue weighted by Crippen LogP contribution is -2.28. The fraction of sp³-hybridized carbons (Fsp3) is 0.538. The molecular formula is C13H18N4O2. The van der Waals surface area contributed by atoms with Crippen molar-refractivity contribution < 1.29 is 4.74 Å². The zero-order valence-electron chi connectivity index (χ0n) is 11.0. The number of ether oxygens (including phenoxy) is 1. The summed E-state index contributed by atoms with van der Waals surface area (Å²) < 4.78 is 7.14. The van der Waals surface area contributed by atoms with Crippen molar-refractivity contribution in [1.29, 1.82) is 0 Å². The predicted molar refractivity (Wildman–Crippen MR) is 72.2 cm³/mol. The van der Waals surface area contributed by atoms with Gasteiger partial charge in [-0.3, -0.25) is 4.79 Å². The van der Waals surface area contributed by atoms with Crippen molar-refractivity contribution in [3.63, 3.8) is 0 Å². The molecule has 1 aliphatic rings. The summed E-state index contributed by atoms with van der Waals surface area (Å²) in [5, 5.41) is 3.02. The quantitative estimate of drug-likeness (QED) is 0.858. The van der Waals surface area contributed by atoms with Gasteiger partial charge in [0.1, 0.15) is 5.82 Å². The van der Waals surface area contributed by atoms with Crippen LogP contribution < -0.4 is 10.9 Å². The Kier molecular flexibility index (Phi) is 3.35. The topological polar surface area (TPSA) is 71.9 Å². The molecule has 0 unspecified atom stereocenters. The maximum Gasteiger partial charge on any atom is 0.278 e. The summed E-state index contributed by atoms with van der Waals surface area (Å²) in [6.07, 6.45) is 3.64. The Labute approximate surface area is 110 Å². The molecule has 0 amide bonds. The lowest BCUT2D eigenvalue weighted by Gasteiger charge is -2.23. The number of nitrogens with zero attached hydrogens (tertiary/aromatic N) is 2. The summed E-state index contributed by atoms with van der Waals surface area (Å²) >= 11 is 0. The molecule has 2 aromatic heterocycles. The normalized spacial score (nSPS) is 17.1. The molecule has 102 valence electrons. The van der Waals surface area contributed by atoms with Gasteiger partial charge in [0.25, 0.3) is 5.56 Å². The highest BCUT2D eigenvalue weighted by Gasteiger charge is 2.18. The lowest BCUT2D eigenvalue weighted by molar-refractivity contribution is 0.0688. The maximum atomic E-state index is 12.5. The van der Waals surface area contributed by atoms with E-state index < -0.39 is 0 Å². The summed E-state index contributed by atoms with van der Waals surface area (Å²) in [5.74, 6) is 0.791. The van der Waals surface area contributed by atoms with Gasteiger partial charge in [-0.15, -0.1) is 0 Å². The van der Waals surface area contributed by atoms with Crippen LogP contribution in [0.15, 0.2) is 17.1 Å². The molecule has 1 aliphatic heterocycles. The Morgan fingerprint density at radius 1 is 1.53 bits per heavy atom. The van der Waals surface area contributed by atoms with Crippen LogP contribution in [0.5, 0.6) is 0 Å². The van der Waals surface area contributed by atoms with E-state index in [1.807, 2.05) is 19.3 Å². The van der Waals surface area contributed by atoms with Crippen molar-refractivity contribution >= 4 is 11.0 Å². The van der Waals surface area contributed by atoms with Gasteiger partial charge in [0.2, 0.25) is 0 Å². The zero-order valence-corrected chi connectivity index (χ0v) is 11.0. The van der Waals surface area contributed by atoms with Crippen LogP contribution in [0.2, 0.25) is 0 Å². The minimum atomic E-state index is -0.0111. The summed E-state index contributed by atoms with van der Waals surface area (Å²) in [5.41, 5.74) is 1.32. The highest BCUT2D eigenvalue weighted by molar-refractivity contribution is 5.73. The van der Waals surface area contributed by atoms with Crippen molar-refractivity contribution in [2.24, 2.45) is 0 Å². The Bertz CT molecular complexity index is 625. The standard InChI is InChI=1S/C13H18N4O2/c1-14-8-11-15-10-2-5-17(13(18)12(10)16-11)9-3-6-19-7-4-9/h2,5,9,14H,3-4,6-8H2,1H3,(H,15,16). The molecule has 3 rings (SSSR count). The summed E-state index contributed by atoms with van der Waals surface area (Å²) in [6, 6.07) is 2.16. The smallest absolute Gasteiger partial charge is 0.278 e. The molecule has 2 aromatic rings. The highest BCUT2D eigenvalue weighted by Crippen LogP contribution is 2.19. The number of hydrogen-bond acceptors (Lipinski definition) is 4. The number of pyridine rings is 1. The fourth-order valence-electron chi connectivity index (χ4n) is 2.57. The molecule has 6 heteroatoms. The average Bonchev–Trinajstić information content (AvgIpc) is 2.84. The van der Waals surface area contributed by atoms with E-state index in [2.05, 4.69) is 15.3 Å². The Hall–Kier alpha value is -1.66. The molecule has 19 heavy (non-hydrogen) atoms. The maximum absolute atomic E-state index is 12.5. The second kappa shape index (κ2) is 5.14. The molecule has 3 heterocycles. The molecule has 0 bridgehead atoms. The van der Waals surface area contributed by atoms with Crippen LogP contribution in [-0.4, -0.2) is 34.8 Å². The molecule has 1 saturated heterocycles. The molecule has 1 fully saturated rings. The molecule has 0 aliphatic carbocycles. The van der Waals surface area contributed by atoms with Gasteiger partial charge in [-0.1, -0.05) is 0 Å². The Morgan fingerprint density at radius 2 is 2.32 bits per heavy atom. The van der Waals surface area contributed by atoms with Gasteiger partial charge >= 0.3 is 0 Å². The van der Waals surface area contributed by atoms with Crippen molar-refractivity contribution in [2.75, 3.05) is 20.3 Å². The van der Waals surface area contributed by atoms with Crippen LogP contribution in [0.4, 0.5) is 0 Å². The van der Waals surface area contributed by atoms with Crippen LogP contribution in [-0.2, 0) is 11.3 Å². The Balaban J connectivity index is 2.02. The van der Waals surface area contributed by atoms with E-state index in [-0.39, 0.29) is 11.6 Å². The van der Waals surface area contributed by atoms with Crippen LogP contribution in [0.1, 0.15) is 24.7 Å². The Morgan fingerprint density at radius 3 is 3.05 bits per heavy atom.